The Balaban J connectivity index is 2.44. The van der Waals surface area contributed by atoms with Crippen LogP contribution in [-0.4, -0.2) is 46.7 Å². The van der Waals surface area contributed by atoms with Crippen molar-refractivity contribution < 1.29 is 24.6 Å². The fourth-order valence-electron chi connectivity index (χ4n) is 1.71. The van der Waals surface area contributed by atoms with Crippen molar-refractivity contribution in [1.82, 2.24) is 10.6 Å². The Morgan fingerprint density at radius 1 is 1.35 bits per heavy atom. The van der Waals surface area contributed by atoms with Crippen LogP contribution in [0.25, 0.3) is 0 Å². The van der Waals surface area contributed by atoms with Gasteiger partial charge in [-0.05, 0) is 25.8 Å². The van der Waals surface area contributed by atoms with Gasteiger partial charge in [0.1, 0.15) is 6.04 Å². The molecule has 0 aromatic carbocycles. The Morgan fingerprint density at radius 2 is 2.06 bits per heavy atom. The number of carboxylic acids is 2. The second kappa shape index (κ2) is 6.19. The van der Waals surface area contributed by atoms with Gasteiger partial charge < -0.3 is 20.8 Å². The molecule has 17 heavy (non-hydrogen) atoms. The van der Waals surface area contributed by atoms with E-state index in [0.29, 0.717) is 6.42 Å². The molecule has 1 saturated heterocycles. The van der Waals surface area contributed by atoms with Crippen molar-refractivity contribution in [1.29, 1.82) is 0 Å². The summed E-state index contributed by atoms with van der Waals surface area (Å²) >= 11 is 0. The molecule has 0 aliphatic carbocycles. The molecule has 1 amide bonds. The largest absolute Gasteiger partial charge is 0.481 e. The molecule has 2 atom stereocenters. The number of aliphatic carboxylic acids is 2. The van der Waals surface area contributed by atoms with Crippen molar-refractivity contribution in [2.45, 2.75) is 37.8 Å². The van der Waals surface area contributed by atoms with E-state index in [1.807, 2.05) is 0 Å². The summed E-state index contributed by atoms with van der Waals surface area (Å²) in [5.74, 6) is -2.66. The molecule has 1 aliphatic rings. The first kappa shape index (κ1) is 13.4. The number of rotatable bonds is 6. The monoisotopic (exact) mass is 244 g/mol. The van der Waals surface area contributed by atoms with Crippen LogP contribution in [0.2, 0.25) is 0 Å². The lowest BCUT2D eigenvalue weighted by Crippen LogP contribution is -2.48. The molecular formula is C10H16N2O5. The number of carboxylic acid groups (broad SMARTS) is 2. The Bertz CT molecular complexity index is 312. The van der Waals surface area contributed by atoms with Crippen molar-refractivity contribution in [3.8, 4) is 0 Å². The molecule has 0 saturated carbocycles. The zero-order chi connectivity index (χ0) is 12.8. The number of hydrogen-bond acceptors (Lipinski definition) is 4. The molecular weight excluding hydrogens is 228 g/mol. The van der Waals surface area contributed by atoms with E-state index in [9.17, 15) is 14.4 Å². The molecule has 4 N–H and O–H groups in total. The molecule has 0 aromatic rings. The van der Waals surface area contributed by atoms with Gasteiger partial charge in [0.25, 0.3) is 0 Å². The fourth-order valence-corrected chi connectivity index (χ4v) is 1.71. The fraction of sp³-hybridized carbons (Fsp3) is 0.700. The summed E-state index contributed by atoms with van der Waals surface area (Å²) in [6.45, 7) is 0.741. The lowest BCUT2D eigenvalue weighted by molar-refractivity contribution is -0.143. The van der Waals surface area contributed by atoms with Crippen LogP contribution in [0, 0.1) is 0 Å². The van der Waals surface area contributed by atoms with Gasteiger partial charge in [-0.1, -0.05) is 0 Å². The molecule has 1 unspecified atom stereocenters. The third-order valence-corrected chi connectivity index (χ3v) is 2.64. The Morgan fingerprint density at radius 3 is 2.53 bits per heavy atom. The first-order valence-corrected chi connectivity index (χ1v) is 5.49. The molecule has 1 fully saturated rings. The number of hydrogen-bond donors (Lipinski definition) is 4. The predicted molar refractivity (Wildman–Crippen MR) is 57.5 cm³/mol. The highest BCUT2D eigenvalue weighted by Crippen LogP contribution is 2.06. The van der Waals surface area contributed by atoms with Crippen LogP contribution >= 0.6 is 0 Å². The molecule has 0 aromatic heterocycles. The van der Waals surface area contributed by atoms with Crippen LogP contribution in [-0.2, 0) is 14.4 Å². The van der Waals surface area contributed by atoms with Crippen LogP contribution in [0.4, 0.5) is 0 Å². The third-order valence-electron chi connectivity index (χ3n) is 2.64. The Hall–Kier alpha value is -1.63. The van der Waals surface area contributed by atoms with Gasteiger partial charge in [-0.15, -0.1) is 0 Å². The summed E-state index contributed by atoms with van der Waals surface area (Å²) in [7, 11) is 0. The van der Waals surface area contributed by atoms with E-state index >= 15 is 0 Å². The van der Waals surface area contributed by atoms with Crippen LogP contribution in [0.3, 0.4) is 0 Å². The van der Waals surface area contributed by atoms with E-state index in [4.69, 9.17) is 10.2 Å². The van der Waals surface area contributed by atoms with Crippen molar-refractivity contribution in [2.75, 3.05) is 6.54 Å². The topological polar surface area (TPSA) is 116 Å². The van der Waals surface area contributed by atoms with Crippen molar-refractivity contribution in [2.24, 2.45) is 0 Å². The Labute approximate surface area is 98.2 Å². The van der Waals surface area contributed by atoms with Gasteiger partial charge in [0.15, 0.2) is 0 Å². The van der Waals surface area contributed by atoms with Gasteiger partial charge in [-0.25, -0.2) is 4.79 Å². The third kappa shape index (κ3) is 4.39. The molecule has 96 valence electrons. The van der Waals surface area contributed by atoms with Gasteiger partial charge in [0.2, 0.25) is 5.91 Å². The summed E-state index contributed by atoms with van der Waals surface area (Å²) < 4.78 is 0. The van der Waals surface area contributed by atoms with E-state index in [1.165, 1.54) is 0 Å². The second-order valence-electron chi connectivity index (χ2n) is 3.98. The van der Waals surface area contributed by atoms with Crippen LogP contribution in [0.15, 0.2) is 0 Å². The molecule has 0 bridgehead atoms. The smallest absolute Gasteiger partial charge is 0.326 e. The maximum Gasteiger partial charge on any atom is 0.326 e. The first-order valence-electron chi connectivity index (χ1n) is 5.49. The first-order chi connectivity index (χ1) is 8.00. The summed E-state index contributed by atoms with van der Waals surface area (Å²) in [5, 5.41) is 22.6. The predicted octanol–water partition coefficient (Wildman–Crippen LogP) is -0.827. The average Bonchev–Trinajstić information content (AvgIpc) is 2.76. The van der Waals surface area contributed by atoms with Crippen molar-refractivity contribution >= 4 is 17.8 Å². The van der Waals surface area contributed by atoms with Crippen LogP contribution in [0.5, 0.6) is 0 Å². The van der Waals surface area contributed by atoms with Gasteiger partial charge >= 0.3 is 11.9 Å². The lowest BCUT2D eigenvalue weighted by atomic mass is 10.1. The summed E-state index contributed by atoms with van der Waals surface area (Å²) in [6.07, 6.45) is 1.17. The Kier molecular flexibility index (Phi) is 4.89. The molecule has 1 aliphatic heterocycles. The number of nitrogens with one attached hydrogen (secondary N) is 2. The minimum absolute atomic E-state index is 0.108. The molecule has 7 heteroatoms. The molecule has 1 rings (SSSR count). The van der Waals surface area contributed by atoms with E-state index in [-0.39, 0.29) is 24.8 Å². The van der Waals surface area contributed by atoms with E-state index in [0.717, 1.165) is 13.0 Å². The highest BCUT2D eigenvalue weighted by Gasteiger charge is 2.27. The number of carbonyl (C=O) groups is 3. The minimum Gasteiger partial charge on any atom is -0.481 e. The van der Waals surface area contributed by atoms with Gasteiger partial charge in [0.05, 0.1) is 6.04 Å². The maximum absolute atomic E-state index is 11.6. The van der Waals surface area contributed by atoms with Crippen molar-refractivity contribution in [3.63, 3.8) is 0 Å². The molecule has 0 spiro atoms. The molecule has 0 radical (unpaired) electrons. The normalized spacial score (nSPS) is 20.8. The zero-order valence-electron chi connectivity index (χ0n) is 9.31. The lowest BCUT2D eigenvalue weighted by Gasteiger charge is -2.16. The SMILES string of the molecule is O=C(O)CCC(NC(=O)[C@@H]1CCCN1)C(=O)O. The second-order valence-corrected chi connectivity index (χ2v) is 3.98. The molecule has 1 heterocycles. The van der Waals surface area contributed by atoms with E-state index in [1.54, 1.807) is 0 Å². The number of carbonyl (C=O) groups excluding carboxylic acids is 1. The van der Waals surface area contributed by atoms with Gasteiger partial charge in [0, 0.05) is 6.42 Å². The van der Waals surface area contributed by atoms with Gasteiger partial charge in [-0.2, -0.15) is 0 Å². The van der Waals surface area contributed by atoms with Crippen LogP contribution < -0.4 is 10.6 Å². The number of amides is 1. The average molecular weight is 244 g/mol. The van der Waals surface area contributed by atoms with E-state index in [2.05, 4.69) is 10.6 Å². The minimum atomic E-state index is -1.21. The quantitative estimate of drug-likeness (QED) is 0.485. The highest BCUT2D eigenvalue weighted by atomic mass is 16.4. The van der Waals surface area contributed by atoms with Crippen molar-refractivity contribution in [3.05, 3.63) is 0 Å². The highest BCUT2D eigenvalue weighted by molar-refractivity contribution is 5.87. The maximum atomic E-state index is 11.6. The standard InChI is InChI=1S/C10H16N2O5/c13-8(14)4-3-7(10(16)17)12-9(15)6-2-1-5-11-6/h6-7,11H,1-5H2,(H,12,15)(H,13,14)(H,16,17)/t6-,7?/m0/s1. The van der Waals surface area contributed by atoms with Gasteiger partial charge in [-0.3, -0.25) is 9.59 Å². The summed E-state index contributed by atoms with van der Waals surface area (Å²) in [5.41, 5.74) is 0. The summed E-state index contributed by atoms with van der Waals surface area (Å²) in [6, 6.07) is -1.50. The molecule has 7 nitrogen and oxygen atoms in total. The summed E-state index contributed by atoms with van der Waals surface area (Å²) in [4.78, 5) is 32.8. The van der Waals surface area contributed by atoms with Crippen LogP contribution in [0.1, 0.15) is 25.7 Å². The zero-order valence-corrected chi connectivity index (χ0v) is 9.31. The van der Waals surface area contributed by atoms with E-state index < -0.39 is 18.0 Å².